The average molecular weight is 375 g/mol. The van der Waals surface area contributed by atoms with Gasteiger partial charge in [-0.15, -0.1) is 0 Å². The van der Waals surface area contributed by atoms with Crippen LogP contribution >= 0.6 is 45.2 Å². The second-order valence-electron chi connectivity index (χ2n) is 2.00. The Morgan fingerprint density at radius 3 is 2.09 bits per heavy atom. The Morgan fingerprint density at radius 1 is 1.27 bits per heavy atom. The third kappa shape index (κ3) is 2.11. The molecular formula is C7H7I2NO. The van der Waals surface area contributed by atoms with Crippen molar-refractivity contribution in [1.82, 2.24) is 0 Å². The number of benzene rings is 1. The third-order valence-electron chi connectivity index (χ3n) is 1.29. The Morgan fingerprint density at radius 2 is 1.73 bits per heavy atom. The van der Waals surface area contributed by atoms with Crippen LogP contribution in [0.15, 0.2) is 12.1 Å². The molecule has 2 nitrogen and oxygen atoms in total. The molecule has 0 bridgehead atoms. The van der Waals surface area contributed by atoms with E-state index in [1.165, 1.54) is 0 Å². The van der Waals surface area contributed by atoms with Gasteiger partial charge in [-0.1, -0.05) is 0 Å². The molecule has 0 spiro atoms. The summed E-state index contributed by atoms with van der Waals surface area (Å²) in [6.45, 7) is 0. The molecule has 60 valence electrons. The topological polar surface area (TPSA) is 35.2 Å². The van der Waals surface area contributed by atoms with Crippen molar-refractivity contribution < 1.29 is 4.74 Å². The summed E-state index contributed by atoms with van der Waals surface area (Å²) in [6.07, 6.45) is 0. The number of hydrogen-bond acceptors (Lipinski definition) is 2. The standard InChI is InChI=1S/C7H7I2NO/c1-11-4-2-5(8)7(10)6(9)3-4/h2-3H,10H2,1H3. The van der Waals surface area contributed by atoms with Crippen LogP contribution in [0.25, 0.3) is 0 Å². The summed E-state index contributed by atoms with van der Waals surface area (Å²) in [6, 6.07) is 3.83. The summed E-state index contributed by atoms with van der Waals surface area (Å²) in [5, 5.41) is 0. The van der Waals surface area contributed by atoms with Crippen molar-refractivity contribution in [2.75, 3.05) is 12.8 Å². The maximum Gasteiger partial charge on any atom is 0.121 e. The normalized spacial score (nSPS) is 9.73. The van der Waals surface area contributed by atoms with Crippen LogP contribution in [0.1, 0.15) is 0 Å². The summed E-state index contributed by atoms with van der Waals surface area (Å²) in [7, 11) is 1.65. The zero-order valence-corrected chi connectivity index (χ0v) is 10.2. The molecule has 0 aromatic heterocycles. The quantitative estimate of drug-likeness (QED) is 0.605. The molecule has 0 atom stereocenters. The Hall–Kier alpha value is 0.280. The second-order valence-corrected chi connectivity index (χ2v) is 4.33. The number of nitrogen functional groups attached to an aromatic ring is 1. The van der Waals surface area contributed by atoms with Gasteiger partial charge < -0.3 is 10.5 Å². The SMILES string of the molecule is COc1cc(I)c(N)c(I)c1. The summed E-state index contributed by atoms with van der Waals surface area (Å²) >= 11 is 4.38. The molecule has 1 aromatic rings. The Bertz CT molecular complexity index is 252. The molecule has 0 unspecified atom stereocenters. The highest BCUT2D eigenvalue weighted by Crippen LogP contribution is 2.26. The molecule has 0 saturated heterocycles. The molecule has 11 heavy (non-hydrogen) atoms. The molecule has 4 heteroatoms. The summed E-state index contributed by atoms with van der Waals surface area (Å²) in [5.74, 6) is 0.855. The van der Waals surface area contributed by atoms with E-state index in [1.54, 1.807) is 7.11 Å². The maximum atomic E-state index is 5.73. The van der Waals surface area contributed by atoms with E-state index in [4.69, 9.17) is 10.5 Å². The highest BCUT2D eigenvalue weighted by molar-refractivity contribution is 14.1. The van der Waals surface area contributed by atoms with Gasteiger partial charge in [0.1, 0.15) is 5.75 Å². The van der Waals surface area contributed by atoms with Crippen molar-refractivity contribution in [2.45, 2.75) is 0 Å². The Balaban J connectivity index is 3.21. The van der Waals surface area contributed by atoms with Gasteiger partial charge in [0.15, 0.2) is 0 Å². The fraction of sp³-hybridized carbons (Fsp3) is 0.143. The number of methoxy groups -OCH3 is 1. The molecule has 2 N–H and O–H groups in total. The zero-order valence-electron chi connectivity index (χ0n) is 5.90. The lowest BCUT2D eigenvalue weighted by Gasteiger charge is -2.04. The fourth-order valence-corrected chi connectivity index (χ4v) is 2.39. The van der Waals surface area contributed by atoms with Crippen LogP contribution in [-0.2, 0) is 0 Å². The largest absolute Gasteiger partial charge is 0.497 e. The average Bonchev–Trinajstić information content (AvgIpc) is 1.99. The van der Waals surface area contributed by atoms with Crippen molar-refractivity contribution in [1.29, 1.82) is 0 Å². The minimum Gasteiger partial charge on any atom is -0.497 e. The van der Waals surface area contributed by atoms with Gasteiger partial charge in [-0.3, -0.25) is 0 Å². The number of anilines is 1. The van der Waals surface area contributed by atoms with Gasteiger partial charge in [-0.2, -0.15) is 0 Å². The predicted molar refractivity (Wildman–Crippen MR) is 62.8 cm³/mol. The first kappa shape index (κ1) is 9.37. The monoisotopic (exact) mass is 375 g/mol. The van der Waals surface area contributed by atoms with E-state index in [9.17, 15) is 0 Å². The maximum absolute atomic E-state index is 5.73. The first-order chi connectivity index (χ1) is 5.15. The van der Waals surface area contributed by atoms with Crippen LogP contribution in [0.2, 0.25) is 0 Å². The lowest BCUT2D eigenvalue weighted by molar-refractivity contribution is 0.414. The van der Waals surface area contributed by atoms with E-state index in [2.05, 4.69) is 45.2 Å². The number of ether oxygens (including phenoxy) is 1. The van der Waals surface area contributed by atoms with Crippen molar-refractivity contribution in [3.05, 3.63) is 19.3 Å². The molecule has 0 heterocycles. The number of nitrogens with two attached hydrogens (primary N) is 1. The Kier molecular flexibility index (Phi) is 3.23. The van der Waals surface area contributed by atoms with Crippen LogP contribution < -0.4 is 10.5 Å². The van der Waals surface area contributed by atoms with Crippen LogP contribution in [-0.4, -0.2) is 7.11 Å². The van der Waals surface area contributed by atoms with Gasteiger partial charge >= 0.3 is 0 Å². The van der Waals surface area contributed by atoms with Crippen LogP contribution in [0.3, 0.4) is 0 Å². The van der Waals surface area contributed by atoms with E-state index < -0.39 is 0 Å². The second kappa shape index (κ2) is 3.79. The van der Waals surface area contributed by atoms with Gasteiger partial charge in [0.05, 0.1) is 12.8 Å². The minimum atomic E-state index is 0.826. The molecular weight excluding hydrogens is 368 g/mol. The molecule has 0 aliphatic rings. The summed E-state index contributed by atoms with van der Waals surface area (Å²) in [4.78, 5) is 0. The van der Waals surface area contributed by atoms with Crippen molar-refractivity contribution in [3.63, 3.8) is 0 Å². The molecule has 0 amide bonds. The first-order valence-electron chi connectivity index (χ1n) is 2.93. The summed E-state index contributed by atoms with van der Waals surface area (Å²) < 4.78 is 7.13. The molecule has 0 aliphatic carbocycles. The molecule has 0 fully saturated rings. The van der Waals surface area contributed by atoms with E-state index >= 15 is 0 Å². The number of halogens is 2. The number of rotatable bonds is 1. The van der Waals surface area contributed by atoms with Crippen LogP contribution in [0, 0.1) is 7.14 Å². The van der Waals surface area contributed by atoms with Crippen molar-refractivity contribution in [3.8, 4) is 5.75 Å². The Labute approximate surface area is 92.8 Å². The predicted octanol–water partition coefficient (Wildman–Crippen LogP) is 2.49. The van der Waals surface area contributed by atoms with Crippen molar-refractivity contribution in [2.24, 2.45) is 0 Å². The van der Waals surface area contributed by atoms with E-state index in [-0.39, 0.29) is 0 Å². The highest BCUT2D eigenvalue weighted by atomic mass is 127. The molecule has 0 saturated carbocycles. The lowest BCUT2D eigenvalue weighted by atomic mass is 10.3. The van der Waals surface area contributed by atoms with Gasteiger partial charge in [-0.25, -0.2) is 0 Å². The van der Waals surface area contributed by atoms with E-state index in [0.29, 0.717) is 0 Å². The van der Waals surface area contributed by atoms with Gasteiger partial charge in [0.2, 0.25) is 0 Å². The van der Waals surface area contributed by atoms with Gasteiger partial charge in [0, 0.05) is 7.14 Å². The molecule has 1 aromatic carbocycles. The molecule has 0 radical (unpaired) electrons. The smallest absolute Gasteiger partial charge is 0.121 e. The van der Waals surface area contributed by atoms with Crippen molar-refractivity contribution >= 4 is 50.9 Å². The van der Waals surface area contributed by atoms with Crippen LogP contribution in [0.4, 0.5) is 5.69 Å². The lowest BCUT2D eigenvalue weighted by Crippen LogP contribution is -1.94. The minimum absolute atomic E-state index is 0.826. The summed E-state index contributed by atoms with van der Waals surface area (Å²) in [5.41, 5.74) is 6.56. The number of hydrogen-bond donors (Lipinski definition) is 1. The third-order valence-corrected chi connectivity index (χ3v) is 3.07. The molecule has 1 rings (SSSR count). The van der Waals surface area contributed by atoms with Gasteiger partial charge in [0.25, 0.3) is 0 Å². The fourth-order valence-electron chi connectivity index (χ4n) is 0.679. The van der Waals surface area contributed by atoms with Crippen LogP contribution in [0.5, 0.6) is 5.75 Å². The van der Waals surface area contributed by atoms with Gasteiger partial charge in [-0.05, 0) is 57.3 Å². The van der Waals surface area contributed by atoms with E-state index in [1.807, 2.05) is 12.1 Å². The molecule has 0 aliphatic heterocycles. The highest BCUT2D eigenvalue weighted by Gasteiger charge is 2.02. The van der Waals surface area contributed by atoms with E-state index in [0.717, 1.165) is 18.6 Å². The first-order valence-corrected chi connectivity index (χ1v) is 5.09. The zero-order chi connectivity index (χ0) is 8.43.